The van der Waals surface area contributed by atoms with Crippen LogP contribution in [0.1, 0.15) is 22.7 Å². The number of halogens is 1. The minimum atomic E-state index is -0.830. The summed E-state index contributed by atoms with van der Waals surface area (Å²) in [6, 6.07) is 16.4. The molecule has 7 heteroatoms. The number of carbonyl (C=O) groups is 2. The lowest BCUT2D eigenvalue weighted by Crippen LogP contribution is -2.29. The van der Waals surface area contributed by atoms with Crippen molar-refractivity contribution < 1.29 is 19.4 Å². The van der Waals surface area contributed by atoms with Crippen LogP contribution in [0.5, 0.6) is 5.75 Å². The van der Waals surface area contributed by atoms with E-state index in [4.69, 9.17) is 16.3 Å². The fourth-order valence-corrected chi connectivity index (χ4v) is 3.93. The molecule has 2 aromatic carbocycles. The van der Waals surface area contributed by atoms with E-state index in [1.54, 1.807) is 73.1 Å². The van der Waals surface area contributed by atoms with Crippen LogP contribution in [0, 0.1) is 0 Å². The normalized spacial score (nSPS) is 17.7. The van der Waals surface area contributed by atoms with Crippen molar-refractivity contribution in [1.82, 2.24) is 9.88 Å². The van der Waals surface area contributed by atoms with Crippen molar-refractivity contribution in [2.75, 3.05) is 7.11 Å². The highest BCUT2D eigenvalue weighted by Crippen LogP contribution is 2.43. The van der Waals surface area contributed by atoms with Crippen LogP contribution in [0.2, 0.25) is 5.02 Å². The first-order valence-electron chi connectivity index (χ1n) is 9.57. The van der Waals surface area contributed by atoms with Crippen molar-refractivity contribution >= 4 is 29.1 Å². The Labute approximate surface area is 184 Å². The minimum absolute atomic E-state index is 0.00850. The zero-order valence-corrected chi connectivity index (χ0v) is 17.4. The zero-order chi connectivity index (χ0) is 22.0. The summed E-state index contributed by atoms with van der Waals surface area (Å²) >= 11 is 6.08. The van der Waals surface area contributed by atoms with Gasteiger partial charge in [-0.05, 0) is 35.9 Å². The van der Waals surface area contributed by atoms with Gasteiger partial charge in [0, 0.05) is 35.1 Å². The van der Waals surface area contributed by atoms with Gasteiger partial charge in [0.05, 0.1) is 18.7 Å². The first-order valence-corrected chi connectivity index (χ1v) is 9.95. The van der Waals surface area contributed by atoms with Gasteiger partial charge in [-0.2, -0.15) is 0 Å². The number of hydrogen-bond acceptors (Lipinski definition) is 5. The van der Waals surface area contributed by atoms with Crippen molar-refractivity contribution in [1.29, 1.82) is 0 Å². The average molecular weight is 435 g/mol. The van der Waals surface area contributed by atoms with Crippen molar-refractivity contribution in [3.63, 3.8) is 0 Å². The standard InChI is InChI=1S/C24H19ClN2O4/c1-31-19-8-3-2-7-18(19)21-20(22(28)16-5-4-6-17(25)13-16)23(29)24(30)27(21)14-15-9-11-26-12-10-15/h2-13,21,28H,14H2,1H3/b22-20-. The number of ketones is 1. The predicted molar refractivity (Wildman–Crippen MR) is 117 cm³/mol. The summed E-state index contributed by atoms with van der Waals surface area (Å²) in [6.07, 6.45) is 3.24. The topological polar surface area (TPSA) is 79.7 Å². The first kappa shape index (κ1) is 20.6. The molecule has 1 amide bonds. The highest BCUT2D eigenvalue weighted by Gasteiger charge is 2.47. The number of nitrogens with zero attached hydrogens (tertiary/aromatic N) is 2. The van der Waals surface area contributed by atoms with Gasteiger partial charge in [-0.25, -0.2) is 0 Å². The molecule has 1 N–H and O–H groups in total. The maximum Gasteiger partial charge on any atom is 0.295 e. The van der Waals surface area contributed by atoms with Crippen molar-refractivity contribution in [2.45, 2.75) is 12.6 Å². The fourth-order valence-electron chi connectivity index (χ4n) is 3.73. The largest absolute Gasteiger partial charge is 0.507 e. The molecule has 0 aliphatic carbocycles. The molecule has 6 nitrogen and oxygen atoms in total. The summed E-state index contributed by atoms with van der Waals surface area (Å²) in [5, 5.41) is 11.5. The lowest BCUT2D eigenvalue weighted by atomic mass is 9.94. The van der Waals surface area contributed by atoms with E-state index in [2.05, 4.69) is 4.98 Å². The Morgan fingerprint density at radius 2 is 1.84 bits per heavy atom. The predicted octanol–water partition coefficient (Wildman–Crippen LogP) is 4.37. The molecule has 1 saturated heterocycles. The van der Waals surface area contributed by atoms with Crippen LogP contribution < -0.4 is 4.74 Å². The number of aromatic nitrogens is 1. The number of likely N-dealkylation sites (tertiary alicyclic amines) is 1. The molecule has 1 unspecified atom stereocenters. The molecular weight excluding hydrogens is 416 g/mol. The summed E-state index contributed by atoms with van der Waals surface area (Å²) in [5.74, 6) is -1.24. The number of benzene rings is 2. The molecule has 1 aliphatic heterocycles. The highest BCUT2D eigenvalue weighted by molar-refractivity contribution is 6.46. The second kappa shape index (κ2) is 8.62. The van der Waals surface area contributed by atoms with E-state index < -0.39 is 17.7 Å². The van der Waals surface area contributed by atoms with Gasteiger partial charge in [-0.3, -0.25) is 14.6 Å². The van der Waals surface area contributed by atoms with Gasteiger partial charge < -0.3 is 14.7 Å². The molecule has 2 heterocycles. The third-order valence-corrected chi connectivity index (χ3v) is 5.41. The number of rotatable bonds is 5. The molecule has 1 aromatic heterocycles. The van der Waals surface area contributed by atoms with E-state index >= 15 is 0 Å². The summed E-state index contributed by atoms with van der Waals surface area (Å²) < 4.78 is 5.50. The lowest BCUT2D eigenvalue weighted by molar-refractivity contribution is -0.140. The maximum atomic E-state index is 13.1. The average Bonchev–Trinajstić information content (AvgIpc) is 3.04. The van der Waals surface area contributed by atoms with Crippen molar-refractivity contribution in [3.8, 4) is 5.75 Å². The second-order valence-electron chi connectivity index (χ2n) is 7.03. The zero-order valence-electron chi connectivity index (χ0n) is 16.7. The number of hydrogen-bond donors (Lipinski definition) is 1. The Hall–Kier alpha value is -3.64. The second-order valence-corrected chi connectivity index (χ2v) is 7.47. The highest BCUT2D eigenvalue weighted by atomic mass is 35.5. The fraction of sp³-hybridized carbons (Fsp3) is 0.125. The molecule has 156 valence electrons. The molecule has 31 heavy (non-hydrogen) atoms. The van der Waals surface area contributed by atoms with Crippen molar-refractivity contribution in [2.24, 2.45) is 0 Å². The van der Waals surface area contributed by atoms with Crippen LogP contribution in [0.3, 0.4) is 0 Å². The number of amides is 1. The monoisotopic (exact) mass is 434 g/mol. The molecule has 1 atom stereocenters. The number of pyridine rings is 1. The number of ether oxygens (including phenoxy) is 1. The van der Waals surface area contributed by atoms with E-state index in [0.717, 1.165) is 5.56 Å². The molecule has 1 fully saturated rings. The maximum absolute atomic E-state index is 13.1. The van der Waals surface area contributed by atoms with Crippen molar-refractivity contribution in [3.05, 3.63) is 100 Å². The van der Waals surface area contributed by atoms with Gasteiger partial charge in [0.15, 0.2) is 0 Å². The summed E-state index contributed by atoms with van der Waals surface area (Å²) in [6.45, 7) is 0.169. The Morgan fingerprint density at radius 3 is 2.55 bits per heavy atom. The third-order valence-electron chi connectivity index (χ3n) is 5.17. The van der Waals surface area contributed by atoms with E-state index in [9.17, 15) is 14.7 Å². The Balaban J connectivity index is 1.91. The van der Waals surface area contributed by atoms with Crippen LogP contribution >= 0.6 is 11.6 Å². The molecule has 3 aromatic rings. The molecule has 0 bridgehead atoms. The number of carbonyl (C=O) groups excluding carboxylic acids is 2. The number of aliphatic hydroxyl groups excluding tert-OH is 1. The molecule has 0 spiro atoms. The molecular formula is C24H19ClN2O4. The number of Topliss-reactive ketones (excluding diaryl/α,β-unsaturated/α-hetero) is 1. The van der Waals surface area contributed by atoms with Gasteiger partial charge in [0.25, 0.3) is 11.7 Å². The van der Waals surface area contributed by atoms with E-state index in [0.29, 0.717) is 21.9 Å². The first-order chi connectivity index (χ1) is 15.0. The molecule has 0 radical (unpaired) electrons. The number of methoxy groups -OCH3 is 1. The van der Waals surface area contributed by atoms with Gasteiger partial charge in [-0.15, -0.1) is 0 Å². The van der Waals surface area contributed by atoms with E-state index in [1.807, 2.05) is 0 Å². The lowest BCUT2D eigenvalue weighted by Gasteiger charge is -2.26. The summed E-state index contributed by atoms with van der Waals surface area (Å²) in [4.78, 5) is 31.6. The van der Waals surface area contributed by atoms with Gasteiger partial charge in [-0.1, -0.05) is 41.9 Å². The van der Waals surface area contributed by atoms with E-state index in [1.165, 1.54) is 12.0 Å². The molecule has 1 aliphatic rings. The minimum Gasteiger partial charge on any atom is -0.507 e. The quantitative estimate of drug-likeness (QED) is 0.366. The third kappa shape index (κ3) is 3.90. The summed E-state index contributed by atoms with van der Waals surface area (Å²) in [7, 11) is 1.52. The molecule has 0 saturated carbocycles. The van der Waals surface area contributed by atoms with Gasteiger partial charge in [0.2, 0.25) is 0 Å². The Kier molecular flexibility index (Phi) is 5.73. The number of para-hydroxylation sites is 1. The molecule has 4 rings (SSSR count). The van der Waals surface area contributed by atoms with Crippen LogP contribution in [-0.4, -0.2) is 33.8 Å². The van der Waals surface area contributed by atoms with Crippen LogP contribution in [0.4, 0.5) is 0 Å². The van der Waals surface area contributed by atoms with Gasteiger partial charge >= 0.3 is 0 Å². The van der Waals surface area contributed by atoms with Gasteiger partial charge in [0.1, 0.15) is 11.5 Å². The SMILES string of the molecule is COc1ccccc1C1/C(=C(/O)c2cccc(Cl)c2)C(=O)C(=O)N1Cc1ccncc1. The number of aliphatic hydroxyl groups is 1. The summed E-state index contributed by atoms with van der Waals surface area (Å²) in [5.41, 5.74) is 1.75. The van der Waals surface area contributed by atoms with E-state index in [-0.39, 0.29) is 17.9 Å². The van der Waals surface area contributed by atoms with Crippen LogP contribution in [0.25, 0.3) is 5.76 Å². The van der Waals surface area contributed by atoms with Crippen LogP contribution in [-0.2, 0) is 16.1 Å². The Bertz CT molecular complexity index is 1180. The Morgan fingerprint density at radius 1 is 1.10 bits per heavy atom. The smallest absolute Gasteiger partial charge is 0.295 e. The van der Waals surface area contributed by atoms with Crippen LogP contribution in [0.15, 0.2) is 78.6 Å².